The van der Waals surface area contributed by atoms with Gasteiger partial charge in [0.1, 0.15) is 5.82 Å². The van der Waals surface area contributed by atoms with Crippen molar-refractivity contribution >= 4 is 17.3 Å². The summed E-state index contributed by atoms with van der Waals surface area (Å²) in [5.41, 5.74) is 1.30. The van der Waals surface area contributed by atoms with Gasteiger partial charge in [0.25, 0.3) is 0 Å². The van der Waals surface area contributed by atoms with Gasteiger partial charge >= 0.3 is 0 Å². The summed E-state index contributed by atoms with van der Waals surface area (Å²) >= 11 is 5.52. The van der Waals surface area contributed by atoms with Crippen molar-refractivity contribution in [1.29, 1.82) is 0 Å². The summed E-state index contributed by atoms with van der Waals surface area (Å²) in [6.45, 7) is 0.651. The van der Waals surface area contributed by atoms with Gasteiger partial charge in [-0.1, -0.05) is 12.1 Å². The molecule has 5 rings (SSSR count). The molecule has 0 aromatic heterocycles. The predicted molar refractivity (Wildman–Crippen MR) is 89.9 cm³/mol. The molecule has 4 aliphatic carbocycles. The highest BCUT2D eigenvalue weighted by molar-refractivity contribution is 7.80. The molecule has 2 N–H and O–H groups in total. The third kappa shape index (κ3) is 2.85. The van der Waals surface area contributed by atoms with Gasteiger partial charge < -0.3 is 10.6 Å². The van der Waals surface area contributed by atoms with E-state index in [2.05, 4.69) is 10.6 Å². The highest BCUT2D eigenvalue weighted by atomic mass is 32.1. The van der Waals surface area contributed by atoms with Crippen LogP contribution in [0.4, 0.5) is 4.39 Å². The predicted octanol–water partition coefficient (Wildman–Crippen LogP) is 3.76. The Hall–Kier alpha value is -1.16. The van der Waals surface area contributed by atoms with Crippen LogP contribution < -0.4 is 10.6 Å². The van der Waals surface area contributed by atoms with Crippen molar-refractivity contribution in [2.75, 3.05) is 0 Å². The molecule has 2 nitrogen and oxygen atoms in total. The van der Waals surface area contributed by atoms with Gasteiger partial charge in [-0.3, -0.25) is 0 Å². The van der Waals surface area contributed by atoms with Gasteiger partial charge in [-0.2, -0.15) is 0 Å². The number of halogens is 1. The minimum absolute atomic E-state index is 0.196. The zero-order valence-electron chi connectivity index (χ0n) is 12.8. The van der Waals surface area contributed by atoms with Crippen molar-refractivity contribution in [3.05, 3.63) is 35.6 Å². The third-order valence-electron chi connectivity index (χ3n) is 5.78. The molecule has 1 aromatic carbocycles. The first-order valence-corrected chi connectivity index (χ1v) is 8.81. The minimum atomic E-state index is -0.196. The summed E-state index contributed by atoms with van der Waals surface area (Å²) in [6.07, 6.45) is 8.19. The lowest BCUT2D eigenvalue weighted by Gasteiger charge is -2.57. The zero-order chi connectivity index (χ0) is 15.2. The summed E-state index contributed by atoms with van der Waals surface area (Å²) in [7, 11) is 0. The minimum Gasteiger partial charge on any atom is -0.359 e. The molecule has 1 aromatic rings. The molecule has 118 valence electrons. The number of thiocarbonyl (C=S) groups is 1. The third-order valence-corrected chi connectivity index (χ3v) is 6.03. The van der Waals surface area contributed by atoms with E-state index in [4.69, 9.17) is 12.2 Å². The maximum absolute atomic E-state index is 12.9. The zero-order valence-corrected chi connectivity index (χ0v) is 13.6. The molecule has 0 spiro atoms. The SMILES string of the molecule is Fc1ccc(CNC(=S)NC23CC4CC(CC(C4)C2)C3)cc1. The number of hydrogen-bond donors (Lipinski definition) is 2. The fraction of sp³-hybridized carbons (Fsp3) is 0.611. The second-order valence-corrected chi connectivity index (χ2v) is 8.04. The smallest absolute Gasteiger partial charge is 0.166 e. The normalized spacial score (nSPS) is 35.4. The van der Waals surface area contributed by atoms with E-state index < -0.39 is 0 Å². The molecule has 0 amide bonds. The van der Waals surface area contributed by atoms with Crippen LogP contribution in [0.1, 0.15) is 44.1 Å². The highest BCUT2D eigenvalue weighted by Crippen LogP contribution is 2.55. The second-order valence-electron chi connectivity index (χ2n) is 7.63. The van der Waals surface area contributed by atoms with Crippen LogP contribution in [0.25, 0.3) is 0 Å². The average Bonchev–Trinajstić information content (AvgIpc) is 2.44. The fourth-order valence-electron chi connectivity index (χ4n) is 5.33. The largest absolute Gasteiger partial charge is 0.359 e. The monoisotopic (exact) mass is 318 g/mol. The van der Waals surface area contributed by atoms with Gasteiger partial charge in [0.05, 0.1) is 0 Å². The van der Waals surface area contributed by atoms with Gasteiger partial charge in [0.15, 0.2) is 5.11 Å². The first-order valence-electron chi connectivity index (χ1n) is 8.41. The number of rotatable bonds is 3. The topological polar surface area (TPSA) is 24.1 Å². The Morgan fingerprint density at radius 1 is 1.05 bits per heavy atom. The van der Waals surface area contributed by atoms with E-state index in [1.165, 1.54) is 50.7 Å². The van der Waals surface area contributed by atoms with Crippen molar-refractivity contribution in [1.82, 2.24) is 10.6 Å². The Morgan fingerprint density at radius 3 is 2.14 bits per heavy atom. The summed E-state index contributed by atoms with van der Waals surface area (Å²) in [5.74, 6) is 2.55. The van der Waals surface area contributed by atoms with E-state index in [0.29, 0.717) is 6.54 Å². The molecule has 0 saturated heterocycles. The van der Waals surface area contributed by atoms with E-state index in [-0.39, 0.29) is 11.4 Å². The van der Waals surface area contributed by atoms with E-state index in [1.807, 2.05) is 0 Å². The molecule has 4 bridgehead atoms. The summed E-state index contributed by atoms with van der Waals surface area (Å²) in [4.78, 5) is 0. The van der Waals surface area contributed by atoms with Crippen LogP contribution in [-0.2, 0) is 6.54 Å². The lowest BCUT2D eigenvalue weighted by Crippen LogP contribution is -2.61. The van der Waals surface area contributed by atoms with Gasteiger partial charge in [-0.25, -0.2) is 4.39 Å². The molecule has 4 aliphatic rings. The van der Waals surface area contributed by atoms with E-state index >= 15 is 0 Å². The van der Waals surface area contributed by atoms with Crippen LogP contribution in [0.2, 0.25) is 0 Å². The van der Waals surface area contributed by atoms with Crippen LogP contribution in [0.5, 0.6) is 0 Å². The lowest BCUT2D eigenvalue weighted by molar-refractivity contribution is -0.0101. The molecule has 0 unspecified atom stereocenters. The number of hydrogen-bond acceptors (Lipinski definition) is 1. The lowest BCUT2D eigenvalue weighted by atomic mass is 9.53. The Balaban J connectivity index is 1.35. The Kier molecular flexibility index (Phi) is 3.60. The molecule has 4 fully saturated rings. The van der Waals surface area contributed by atoms with Gasteiger partial charge in [-0.15, -0.1) is 0 Å². The van der Waals surface area contributed by atoms with Crippen LogP contribution >= 0.6 is 12.2 Å². The van der Waals surface area contributed by atoms with Crippen molar-refractivity contribution in [2.45, 2.75) is 50.6 Å². The maximum atomic E-state index is 12.9. The van der Waals surface area contributed by atoms with Gasteiger partial charge in [0, 0.05) is 12.1 Å². The Labute approximate surface area is 136 Å². The number of nitrogens with one attached hydrogen (secondary N) is 2. The fourth-order valence-corrected chi connectivity index (χ4v) is 5.62. The van der Waals surface area contributed by atoms with Crippen LogP contribution in [0.15, 0.2) is 24.3 Å². The van der Waals surface area contributed by atoms with Gasteiger partial charge in [-0.05, 0) is 86.2 Å². The number of benzene rings is 1. The van der Waals surface area contributed by atoms with Crippen molar-refractivity contribution in [2.24, 2.45) is 17.8 Å². The van der Waals surface area contributed by atoms with Crippen molar-refractivity contribution in [3.8, 4) is 0 Å². The van der Waals surface area contributed by atoms with Gasteiger partial charge in [0.2, 0.25) is 0 Å². The molecule has 4 saturated carbocycles. The molecule has 0 atom stereocenters. The van der Waals surface area contributed by atoms with Crippen molar-refractivity contribution in [3.63, 3.8) is 0 Å². The maximum Gasteiger partial charge on any atom is 0.166 e. The van der Waals surface area contributed by atoms with Crippen LogP contribution in [0.3, 0.4) is 0 Å². The van der Waals surface area contributed by atoms with Crippen LogP contribution in [-0.4, -0.2) is 10.7 Å². The molecule has 0 aliphatic heterocycles. The molecule has 4 heteroatoms. The van der Waals surface area contributed by atoms with E-state index in [1.54, 1.807) is 12.1 Å². The van der Waals surface area contributed by atoms with E-state index in [9.17, 15) is 4.39 Å². The summed E-state index contributed by atoms with van der Waals surface area (Å²) in [5, 5.41) is 7.70. The molecular formula is C18H23FN2S. The molecular weight excluding hydrogens is 295 g/mol. The summed E-state index contributed by atoms with van der Waals surface area (Å²) in [6, 6.07) is 6.59. The molecule has 22 heavy (non-hydrogen) atoms. The Bertz CT molecular complexity index is 534. The molecule has 0 heterocycles. The van der Waals surface area contributed by atoms with Crippen molar-refractivity contribution < 1.29 is 4.39 Å². The highest BCUT2D eigenvalue weighted by Gasteiger charge is 2.51. The Morgan fingerprint density at radius 2 is 1.59 bits per heavy atom. The van der Waals surface area contributed by atoms with Crippen LogP contribution in [0, 0.1) is 23.6 Å². The average molecular weight is 318 g/mol. The first kappa shape index (κ1) is 14.4. The second kappa shape index (κ2) is 5.48. The first-order chi connectivity index (χ1) is 10.6. The quantitative estimate of drug-likeness (QED) is 0.830. The van der Waals surface area contributed by atoms with E-state index in [0.717, 1.165) is 28.4 Å². The standard InChI is InChI=1S/C18H23FN2S/c19-16-3-1-12(2-4-16)11-20-17(22)21-18-8-13-5-14(9-18)7-15(6-13)10-18/h1-4,13-15H,5-11H2,(H2,20,21,22). The summed E-state index contributed by atoms with van der Waals surface area (Å²) < 4.78 is 12.9. The molecule has 0 radical (unpaired) electrons.